The third kappa shape index (κ3) is 5.02. The van der Waals surface area contributed by atoms with Crippen LogP contribution in [0, 0.1) is 0 Å². The number of para-hydroxylation sites is 1. The first-order valence-corrected chi connectivity index (χ1v) is 9.60. The van der Waals surface area contributed by atoms with Crippen molar-refractivity contribution in [3.05, 3.63) is 59.3 Å². The maximum absolute atomic E-state index is 13.3. The Hall–Kier alpha value is -3.40. The summed E-state index contributed by atoms with van der Waals surface area (Å²) in [6.07, 6.45) is 0. The van der Waals surface area contributed by atoms with Gasteiger partial charge in [0.15, 0.2) is 5.11 Å². The van der Waals surface area contributed by atoms with E-state index in [2.05, 4.69) is 20.7 Å². The first-order valence-electron chi connectivity index (χ1n) is 9.19. The molecule has 10 heteroatoms. The second-order valence-electron chi connectivity index (χ2n) is 6.51. The topological polar surface area (TPSA) is 80.9 Å². The maximum atomic E-state index is 13.3. The maximum Gasteiger partial charge on any atom is 0.387 e. The number of carbonyl (C=O) groups is 1. The number of hydrogen-bond donors (Lipinski definition) is 3. The summed E-state index contributed by atoms with van der Waals surface area (Å²) in [5, 5.41) is 8.92. The fourth-order valence-electron chi connectivity index (χ4n) is 3.25. The summed E-state index contributed by atoms with van der Waals surface area (Å²) in [5.41, 5.74) is 1.45. The molecule has 0 spiro atoms. The average molecular weight is 449 g/mol. The largest absolute Gasteiger partial charge is 0.497 e. The van der Waals surface area contributed by atoms with Gasteiger partial charge in [0.25, 0.3) is 5.91 Å². The number of nitrogens with one attached hydrogen (secondary N) is 3. The predicted octanol–water partition coefficient (Wildman–Crippen LogP) is 3.74. The van der Waals surface area contributed by atoms with Gasteiger partial charge in [0, 0.05) is 17.3 Å². The van der Waals surface area contributed by atoms with Crippen LogP contribution in [0.25, 0.3) is 0 Å². The molecule has 1 atom stereocenters. The summed E-state index contributed by atoms with van der Waals surface area (Å²) in [7, 11) is 2.98. The minimum Gasteiger partial charge on any atom is -0.497 e. The van der Waals surface area contributed by atoms with Gasteiger partial charge in [-0.3, -0.25) is 4.79 Å². The van der Waals surface area contributed by atoms with E-state index in [0.29, 0.717) is 28.4 Å². The van der Waals surface area contributed by atoms with Crippen molar-refractivity contribution in [3.63, 3.8) is 0 Å². The molecule has 0 saturated heterocycles. The minimum atomic E-state index is -3.02. The van der Waals surface area contributed by atoms with E-state index in [1.165, 1.54) is 20.3 Å². The Balaban J connectivity index is 2.01. The predicted molar refractivity (Wildman–Crippen MR) is 116 cm³/mol. The number of allylic oxidation sites excluding steroid dienone is 1. The number of rotatable bonds is 7. The lowest BCUT2D eigenvalue weighted by atomic mass is 9.94. The fourth-order valence-corrected chi connectivity index (χ4v) is 3.52. The highest BCUT2D eigenvalue weighted by Crippen LogP contribution is 2.35. The highest BCUT2D eigenvalue weighted by molar-refractivity contribution is 7.80. The van der Waals surface area contributed by atoms with Gasteiger partial charge in [-0.15, -0.1) is 0 Å². The number of methoxy groups -OCH3 is 2. The molecule has 1 unspecified atom stereocenters. The summed E-state index contributed by atoms with van der Waals surface area (Å²) >= 11 is 5.22. The molecule has 1 aliphatic heterocycles. The molecule has 2 aromatic rings. The van der Waals surface area contributed by atoms with Crippen LogP contribution in [0.3, 0.4) is 0 Å². The molecule has 0 radical (unpaired) electrons. The van der Waals surface area contributed by atoms with E-state index in [4.69, 9.17) is 21.7 Å². The van der Waals surface area contributed by atoms with E-state index >= 15 is 0 Å². The van der Waals surface area contributed by atoms with Crippen LogP contribution in [0.4, 0.5) is 14.5 Å². The zero-order chi connectivity index (χ0) is 22.5. The van der Waals surface area contributed by atoms with Gasteiger partial charge in [-0.25, -0.2) is 0 Å². The normalized spacial score (nSPS) is 15.8. The Morgan fingerprint density at radius 1 is 1.13 bits per heavy atom. The van der Waals surface area contributed by atoms with Crippen LogP contribution in [0.5, 0.6) is 17.2 Å². The van der Waals surface area contributed by atoms with Crippen molar-refractivity contribution in [1.29, 1.82) is 0 Å². The monoisotopic (exact) mass is 449 g/mol. The second kappa shape index (κ2) is 9.61. The van der Waals surface area contributed by atoms with Gasteiger partial charge in [-0.05, 0) is 37.3 Å². The molecular formula is C21H21F2N3O4S. The van der Waals surface area contributed by atoms with Gasteiger partial charge in [0.05, 0.1) is 31.5 Å². The van der Waals surface area contributed by atoms with Crippen LogP contribution in [-0.4, -0.2) is 31.9 Å². The Morgan fingerprint density at radius 3 is 2.55 bits per heavy atom. The number of anilines is 1. The number of amides is 1. The van der Waals surface area contributed by atoms with Gasteiger partial charge in [0.1, 0.15) is 17.2 Å². The molecular weight excluding hydrogens is 428 g/mol. The van der Waals surface area contributed by atoms with Gasteiger partial charge >= 0.3 is 6.61 Å². The first kappa shape index (κ1) is 22.3. The van der Waals surface area contributed by atoms with E-state index in [0.717, 1.165) is 0 Å². The molecule has 2 aromatic carbocycles. The van der Waals surface area contributed by atoms with Crippen molar-refractivity contribution < 1.29 is 27.8 Å². The van der Waals surface area contributed by atoms with E-state index < -0.39 is 18.6 Å². The SMILES string of the molecule is COc1ccc(OC)c(NC(=O)C2=C(C)NC(=S)NC2c2ccccc2OC(F)F)c1. The Morgan fingerprint density at radius 2 is 1.87 bits per heavy atom. The van der Waals surface area contributed by atoms with E-state index in [-0.39, 0.29) is 16.4 Å². The molecule has 7 nitrogen and oxygen atoms in total. The summed E-state index contributed by atoms with van der Waals surface area (Å²) in [4.78, 5) is 13.3. The number of halogens is 2. The molecule has 1 heterocycles. The van der Waals surface area contributed by atoms with Crippen molar-refractivity contribution in [3.8, 4) is 17.2 Å². The molecule has 0 fully saturated rings. The second-order valence-corrected chi connectivity index (χ2v) is 6.92. The summed E-state index contributed by atoms with van der Waals surface area (Å²) < 4.78 is 41.0. The van der Waals surface area contributed by atoms with Crippen molar-refractivity contribution in [2.75, 3.05) is 19.5 Å². The zero-order valence-electron chi connectivity index (χ0n) is 17.0. The van der Waals surface area contributed by atoms with Crippen LogP contribution in [0.2, 0.25) is 0 Å². The molecule has 0 bridgehead atoms. The van der Waals surface area contributed by atoms with Crippen molar-refractivity contribution in [1.82, 2.24) is 10.6 Å². The minimum absolute atomic E-state index is 0.0586. The Labute approximate surface area is 183 Å². The molecule has 31 heavy (non-hydrogen) atoms. The molecule has 0 aromatic heterocycles. The average Bonchev–Trinajstić information content (AvgIpc) is 2.73. The van der Waals surface area contributed by atoms with Gasteiger partial charge in [-0.1, -0.05) is 18.2 Å². The molecule has 0 aliphatic carbocycles. The number of hydrogen-bond acceptors (Lipinski definition) is 5. The van der Waals surface area contributed by atoms with E-state index in [1.54, 1.807) is 43.3 Å². The molecule has 3 N–H and O–H groups in total. The molecule has 1 aliphatic rings. The molecule has 164 valence electrons. The first-order chi connectivity index (χ1) is 14.8. The Bertz CT molecular complexity index is 1030. The van der Waals surface area contributed by atoms with Crippen LogP contribution in [0.1, 0.15) is 18.5 Å². The number of thiocarbonyl (C=S) groups is 1. The van der Waals surface area contributed by atoms with Crippen molar-refractivity contribution in [2.24, 2.45) is 0 Å². The van der Waals surface area contributed by atoms with Crippen molar-refractivity contribution >= 4 is 28.9 Å². The van der Waals surface area contributed by atoms with E-state index in [1.807, 2.05) is 0 Å². The lowest BCUT2D eigenvalue weighted by Crippen LogP contribution is -2.45. The molecule has 0 saturated carbocycles. The Kier molecular flexibility index (Phi) is 6.91. The fraction of sp³-hybridized carbons (Fsp3) is 0.238. The van der Waals surface area contributed by atoms with Crippen molar-refractivity contribution in [2.45, 2.75) is 19.6 Å². The van der Waals surface area contributed by atoms with Crippen LogP contribution in [0.15, 0.2) is 53.7 Å². The van der Waals surface area contributed by atoms with Gasteiger partial charge in [-0.2, -0.15) is 8.78 Å². The highest BCUT2D eigenvalue weighted by Gasteiger charge is 2.32. The summed E-state index contributed by atoms with van der Waals surface area (Å²) in [5.74, 6) is 0.410. The lowest BCUT2D eigenvalue weighted by molar-refractivity contribution is -0.113. The number of carbonyl (C=O) groups excluding carboxylic acids is 1. The number of benzene rings is 2. The van der Waals surface area contributed by atoms with E-state index in [9.17, 15) is 13.6 Å². The third-order valence-corrected chi connectivity index (χ3v) is 4.83. The van der Waals surface area contributed by atoms with Crippen LogP contribution in [-0.2, 0) is 4.79 Å². The number of ether oxygens (including phenoxy) is 3. The molecule has 1 amide bonds. The van der Waals surface area contributed by atoms with Gasteiger partial charge < -0.3 is 30.2 Å². The quantitative estimate of drug-likeness (QED) is 0.556. The standard InChI is InChI=1S/C21H21F2N3O4S/c1-11-17(19(27)25-14-10-12(28-2)8-9-16(14)29-3)18(26-21(31)24-11)13-6-4-5-7-15(13)30-20(22)23/h4-10,18,20H,1-3H3,(H,25,27)(H2,24,26,31). The van der Waals surface area contributed by atoms with Crippen LogP contribution < -0.4 is 30.2 Å². The molecule has 3 rings (SSSR count). The smallest absolute Gasteiger partial charge is 0.387 e. The summed E-state index contributed by atoms with van der Waals surface area (Å²) in [6.45, 7) is -1.34. The highest BCUT2D eigenvalue weighted by atomic mass is 32.1. The van der Waals surface area contributed by atoms with Crippen LogP contribution >= 0.6 is 12.2 Å². The lowest BCUT2D eigenvalue weighted by Gasteiger charge is -2.31. The summed E-state index contributed by atoms with van der Waals surface area (Å²) in [6, 6.07) is 10.4. The number of alkyl halides is 2. The zero-order valence-corrected chi connectivity index (χ0v) is 17.8. The van der Waals surface area contributed by atoms with Gasteiger partial charge in [0.2, 0.25) is 0 Å². The third-order valence-electron chi connectivity index (χ3n) is 4.61.